The summed E-state index contributed by atoms with van der Waals surface area (Å²) < 4.78 is 11.4. The highest BCUT2D eigenvalue weighted by molar-refractivity contribution is 7.80. The standard InChI is InChI=1S/C14H19ClO2S/c1-11-2-3-12(15)8-13(11)17-9-14(10-18)4-6-16-7-5-14/h2-3,8,18H,4-7,9-10H2,1H3. The molecule has 0 radical (unpaired) electrons. The fourth-order valence-corrected chi connectivity index (χ4v) is 2.68. The second-order valence-electron chi connectivity index (χ2n) is 4.97. The molecule has 1 heterocycles. The summed E-state index contributed by atoms with van der Waals surface area (Å²) in [5.74, 6) is 1.70. The lowest BCUT2D eigenvalue weighted by atomic mass is 9.83. The third kappa shape index (κ3) is 3.34. The van der Waals surface area contributed by atoms with E-state index in [0.717, 1.165) is 43.1 Å². The number of benzene rings is 1. The molecule has 100 valence electrons. The highest BCUT2D eigenvalue weighted by Crippen LogP contribution is 2.33. The van der Waals surface area contributed by atoms with Gasteiger partial charge in [0.2, 0.25) is 0 Å². The smallest absolute Gasteiger partial charge is 0.123 e. The van der Waals surface area contributed by atoms with Crippen LogP contribution in [0.25, 0.3) is 0 Å². The molecule has 1 aromatic carbocycles. The Morgan fingerprint density at radius 3 is 2.78 bits per heavy atom. The largest absolute Gasteiger partial charge is 0.493 e. The number of hydrogen-bond acceptors (Lipinski definition) is 3. The molecule has 1 aliphatic heterocycles. The number of thiol groups is 1. The molecular weight excluding hydrogens is 268 g/mol. The van der Waals surface area contributed by atoms with Crippen molar-refractivity contribution in [2.24, 2.45) is 5.41 Å². The highest BCUT2D eigenvalue weighted by Gasteiger charge is 2.32. The van der Waals surface area contributed by atoms with E-state index in [1.807, 2.05) is 25.1 Å². The van der Waals surface area contributed by atoms with Crippen LogP contribution < -0.4 is 4.74 Å². The number of rotatable bonds is 4. The first-order chi connectivity index (χ1) is 8.65. The monoisotopic (exact) mass is 286 g/mol. The summed E-state index contributed by atoms with van der Waals surface area (Å²) in [7, 11) is 0. The van der Waals surface area contributed by atoms with E-state index in [-0.39, 0.29) is 5.41 Å². The van der Waals surface area contributed by atoms with E-state index >= 15 is 0 Å². The SMILES string of the molecule is Cc1ccc(Cl)cc1OCC1(CS)CCOCC1. The van der Waals surface area contributed by atoms with Crippen LogP contribution in [-0.2, 0) is 4.74 Å². The van der Waals surface area contributed by atoms with Crippen LogP contribution in [0.1, 0.15) is 18.4 Å². The second-order valence-corrected chi connectivity index (χ2v) is 5.72. The maximum absolute atomic E-state index is 5.99. The van der Waals surface area contributed by atoms with Gasteiger partial charge in [-0.2, -0.15) is 12.6 Å². The molecule has 0 N–H and O–H groups in total. The molecule has 0 bridgehead atoms. The molecule has 18 heavy (non-hydrogen) atoms. The van der Waals surface area contributed by atoms with Crippen molar-refractivity contribution in [1.82, 2.24) is 0 Å². The van der Waals surface area contributed by atoms with Crippen molar-refractivity contribution in [2.75, 3.05) is 25.6 Å². The zero-order valence-electron chi connectivity index (χ0n) is 10.6. The highest BCUT2D eigenvalue weighted by atomic mass is 35.5. The summed E-state index contributed by atoms with van der Waals surface area (Å²) >= 11 is 10.5. The van der Waals surface area contributed by atoms with E-state index < -0.39 is 0 Å². The minimum absolute atomic E-state index is 0.135. The normalized spacial score (nSPS) is 18.6. The predicted octanol–water partition coefficient (Wildman–Crippen LogP) is 3.75. The Morgan fingerprint density at radius 2 is 2.11 bits per heavy atom. The second kappa shape index (κ2) is 6.18. The van der Waals surface area contributed by atoms with Crippen molar-refractivity contribution in [3.05, 3.63) is 28.8 Å². The molecule has 2 nitrogen and oxygen atoms in total. The average Bonchev–Trinajstić information content (AvgIpc) is 2.41. The number of ether oxygens (including phenoxy) is 2. The van der Waals surface area contributed by atoms with Crippen LogP contribution in [0.15, 0.2) is 18.2 Å². The summed E-state index contributed by atoms with van der Waals surface area (Å²) in [4.78, 5) is 0. The van der Waals surface area contributed by atoms with E-state index in [2.05, 4.69) is 12.6 Å². The summed E-state index contributed by atoms with van der Waals surface area (Å²) in [6.07, 6.45) is 2.02. The fraction of sp³-hybridized carbons (Fsp3) is 0.571. The van der Waals surface area contributed by atoms with Gasteiger partial charge in [0.1, 0.15) is 5.75 Å². The van der Waals surface area contributed by atoms with Crippen LogP contribution in [0.4, 0.5) is 0 Å². The summed E-state index contributed by atoms with van der Waals surface area (Å²) in [5, 5.41) is 0.711. The topological polar surface area (TPSA) is 18.5 Å². The van der Waals surface area contributed by atoms with E-state index in [1.165, 1.54) is 0 Å². The Morgan fingerprint density at radius 1 is 1.39 bits per heavy atom. The first kappa shape index (κ1) is 14.0. The van der Waals surface area contributed by atoms with Crippen molar-refractivity contribution >= 4 is 24.2 Å². The molecule has 0 unspecified atom stereocenters. The third-order valence-corrected chi connectivity index (χ3v) is 4.48. The fourth-order valence-electron chi connectivity index (χ4n) is 2.11. The molecule has 0 saturated carbocycles. The van der Waals surface area contributed by atoms with Gasteiger partial charge in [0.05, 0.1) is 6.61 Å². The molecule has 4 heteroatoms. The van der Waals surface area contributed by atoms with Crippen LogP contribution in [0.3, 0.4) is 0 Å². The first-order valence-electron chi connectivity index (χ1n) is 6.23. The number of aryl methyl sites for hydroxylation is 1. The molecule has 0 aliphatic carbocycles. The van der Waals surface area contributed by atoms with Gasteiger partial charge < -0.3 is 9.47 Å². The van der Waals surface area contributed by atoms with Crippen LogP contribution in [0, 0.1) is 12.3 Å². The van der Waals surface area contributed by atoms with Gasteiger partial charge >= 0.3 is 0 Å². The third-order valence-electron chi connectivity index (χ3n) is 3.57. The van der Waals surface area contributed by atoms with E-state index in [4.69, 9.17) is 21.1 Å². The van der Waals surface area contributed by atoms with Crippen molar-refractivity contribution in [3.63, 3.8) is 0 Å². The zero-order chi connectivity index (χ0) is 13.0. The molecule has 1 aromatic rings. The lowest BCUT2D eigenvalue weighted by Gasteiger charge is -2.35. The van der Waals surface area contributed by atoms with Crippen LogP contribution >= 0.6 is 24.2 Å². The van der Waals surface area contributed by atoms with Crippen LogP contribution in [-0.4, -0.2) is 25.6 Å². The van der Waals surface area contributed by atoms with Gasteiger partial charge in [0.15, 0.2) is 0 Å². The van der Waals surface area contributed by atoms with Gasteiger partial charge in [-0.15, -0.1) is 0 Å². The summed E-state index contributed by atoms with van der Waals surface area (Å²) in [5.41, 5.74) is 1.25. The van der Waals surface area contributed by atoms with Crippen molar-refractivity contribution < 1.29 is 9.47 Å². The lowest BCUT2D eigenvalue weighted by molar-refractivity contribution is 0.00300. The van der Waals surface area contributed by atoms with Crippen molar-refractivity contribution in [1.29, 1.82) is 0 Å². The molecule has 1 saturated heterocycles. The molecule has 0 atom stereocenters. The number of halogens is 1. The van der Waals surface area contributed by atoms with Gasteiger partial charge in [-0.25, -0.2) is 0 Å². The van der Waals surface area contributed by atoms with Crippen molar-refractivity contribution in [3.8, 4) is 5.75 Å². The Bertz CT molecular complexity index is 403. The molecule has 0 amide bonds. The van der Waals surface area contributed by atoms with Crippen LogP contribution in [0.2, 0.25) is 5.02 Å². The van der Waals surface area contributed by atoms with Gasteiger partial charge in [-0.3, -0.25) is 0 Å². The minimum Gasteiger partial charge on any atom is -0.493 e. The first-order valence-corrected chi connectivity index (χ1v) is 7.24. The quantitative estimate of drug-likeness (QED) is 0.850. The van der Waals surface area contributed by atoms with E-state index in [9.17, 15) is 0 Å². The predicted molar refractivity (Wildman–Crippen MR) is 78.0 cm³/mol. The summed E-state index contributed by atoms with van der Waals surface area (Å²) in [6.45, 7) is 4.32. The lowest BCUT2D eigenvalue weighted by Crippen LogP contribution is -2.37. The maximum atomic E-state index is 5.99. The Hall–Kier alpha value is -0.380. The molecule has 2 rings (SSSR count). The molecular formula is C14H19ClO2S. The Labute approximate surface area is 119 Å². The van der Waals surface area contributed by atoms with Crippen molar-refractivity contribution in [2.45, 2.75) is 19.8 Å². The number of hydrogen-bond donors (Lipinski definition) is 1. The zero-order valence-corrected chi connectivity index (χ0v) is 12.3. The molecule has 0 aromatic heterocycles. The van der Waals surface area contributed by atoms with E-state index in [0.29, 0.717) is 11.6 Å². The maximum Gasteiger partial charge on any atom is 0.123 e. The van der Waals surface area contributed by atoms with E-state index in [1.54, 1.807) is 0 Å². The van der Waals surface area contributed by atoms with Gasteiger partial charge in [-0.05, 0) is 43.2 Å². The minimum atomic E-state index is 0.135. The van der Waals surface area contributed by atoms with Gasteiger partial charge in [-0.1, -0.05) is 17.7 Å². The van der Waals surface area contributed by atoms with Gasteiger partial charge in [0.25, 0.3) is 0 Å². The Balaban J connectivity index is 2.03. The van der Waals surface area contributed by atoms with Gasteiger partial charge in [0, 0.05) is 23.7 Å². The molecule has 0 spiro atoms. The molecule has 1 aliphatic rings. The average molecular weight is 287 g/mol. The Kier molecular flexibility index (Phi) is 4.82. The molecule has 1 fully saturated rings. The van der Waals surface area contributed by atoms with Crippen LogP contribution in [0.5, 0.6) is 5.75 Å². The summed E-state index contributed by atoms with van der Waals surface area (Å²) in [6, 6.07) is 5.74.